The Morgan fingerprint density at radius 2 is 1.76 bits per heavy atom. The summed E-state index contributed by atoms with van der Waals surface area (Å²) in [5.74, 6) is -0.648. The SMILES string of the molecule is NC(=O)c1ccccc1OCC(=O)Nc1ccccc1Br. The lowest BCUT2D eigenvalue weighted by atomic mass is 10.2. The van der Waals surface area contributed by atoms with Gasteiger partial charge in [0.15, 0.2) is 6.61 Å². The van der Waals surface area contributed by atoms with E-state index in [4.69, 9.17) is 10.5 Å². The first-order chi connectivity index (χ1) is 10.1. The van der Waals surface area contributed by atoms with Crippen LogP contribution in [0.1, 0.15) is 10.4 Å². The number of nitrogens with two attached hydrogens (primary N) is 1. The largest absolute Gasteiger partial charge is 0.483 e. The molecule has 0 fully saturated rings. The zero-order valence-corrected chi connectivity index (χ0v) is 12.6. The first-order valence-electron chi connectivity index (χ1n) is 6.14. The van der Waals surface area contributed by atoms with E-state index in [0.717, 1.165) is 4.47 Å². The minimum absolute atomic E-state index is 0.217. The molecule has 0 unspecified atom stereocenters. The Morgan fingerprint density at radius 3 is 2.48 bits per heavy atom. The molecule has 0 aliphatic heterocycles. The van der Waals surface area contributed by atoms with Crippen LogP contribution in [0, 0.1) is 0 Å². The Hall–Kier alpha value is -2.34. The second kappa shape index (κ2) is 6.90. The lowest BCUT2D eigenvalue weighted by Crippen LogP contribution is -2.21. The van der Waals surface area contributed by atoms with Gasteiger partial charge in [-0.3, -0.25) is 9.59 Å². The van der Waals surface area contributed by atoms with E-state index < -0.39 is 5.91 Å². The number of benzene rings is 2. The van der Waals surface area contributed by atoms with Crippen molar-refractivity contribution in [3.05, 3.63) is 58.6 Å². The van der Waals surface area contributed by atoms with E-state index in [2.05, 4.69) is 21.2 Å². The molecule has 108 valence electrons. The van der Waals surface area contributed by atoms with Gasteiger partial charge in [-0.2, -0.15) is 0 Å². The van der Waals surface area contributed by atoms with Crippen molar-refractivity contribution in [2.75, 3.05) is 11.9 Å². The Labute approximate surface area is 130 Å². The fourth-order valence-corrected chi connectivity index (χ4v) is 2.07. The van der Waals surface area contributed by atoms with E-state index in [1.54, 1.807) is 30.3 Å². The topological polar surface area (TPSA) is 81.4 Å². The predicted octanol–water partition coefficient (Wildman–Crippen LogP) is 2.57. The molecule has 2 amide bonds. The smallest absolute Gasteiger partial charge is 0.262 e. The highest BCUT2D eigenvalue weighted by Gasteiger charge is 2.11. The average molecular weight is 349 g/mol. The molecule has 0 aromatic heterocycles. The number of halogens is 1. The molecule has 2 aromatic rings. The van der Waals surface area contributed by atoms with Gasteiger partial charge in [0, 0.05) is 4.47 Å². The van der Waals surface area contributed by atoms with E-state index in [1.807, 2.05) is 18.2 Å². The van der Waals surface area contributed by atoms with Crippen molar-refractivity contribution in [3.8, 4) is 5.75 Å². The Kier molecular flexibility index (Phi) is 4.94. The van der Waals surface area contributed by atoms with Crippen LogP contribution >= 0.6 is 15.9 Å². The molecule has 3 N–H and O–H groups in total. The predicted molar refractivity (Wildman–Crippen MR) is 83.2 cm³/mol. The van der Waals surface area contributed by atoms with E-state index in [1.165, 1.54) is 0 Å². The lowest BCUT2D eigenvalue weighted by molar-refractivity contribution is -0.118. The molecule has 6 heteroatoms. The molecular weight excluding hydrogens is 336 g/mol. The molecule has 0 heterocycles. The van der Waals surface area contributed by atoms with E-state index >= 15 is 0 Å². The van der Waals surface area contributed by atoms with Gasteiger partial charge in [0.05, 0.1) is 11.3 Å². The molecule has 0 aliphatic rings. The summed E-state index contributed by atoms with van der Waals surface area (Å²) >= 11 is 3.33. The number of para-hydroxylation sites is 2. The van der Waals surface area contributed by atoms with Gasteiger partial charge in [-0.25, -0.2) is 0 Å². The molecule has 2 aromatic carbocycles. The summed E-state index contributed by atoms with van der Waals surface area (Å²) < 4.78 is 6.12. The zero-order chi connectivity index (χ0) is 15.2. The third-order valence-corrected chi connectivity index (χ3v) is 3.35. The number of amides is 2. The molecule has 0 atom stereocenters. The van der Waals surface area contributed by atoms with Gasteiger partial charge in [0.2, 0.25) is 0 Å². The van der Waals surface area contributed by atoms with E-state index in [9.17, 15) is 9.59 Å². The van der Waals surface area contributed by atoms with Crippen LogP contribution < -0.4 is 15.8 Å². The Balaban J connectivity index is 1.99. The molecule has 21 heavy (non-hydrogen) atoms. The fraction of sp³-hybridized carbons (Fsp3) is 0.0667. The van der Waals surface area contributed by atoms with Crippen LogP contribution in [0.4, 0.5) is 5.69 Å². The maximum absolute atomic E-state index is 11.8. The van der Waals surface area contributed by atoms with Gasteiger partial charge in [-0.1, -0.05) is 24.3 Å². The van der Waals surface area contributed by atoms with Gasteiger partial charge >= 0.3 is 0 Å². The highest BCUT2D eigenvalue weighted by atomic mass is 79.9. The Morgan fingerprint density at radius 1 is 1.10 bits per heavy atom. The van der Waals surface area contributed by atoms with Gasteiger partial charge in [0.1, 0.15) is 5.75 Å². The second-order valence-corrected chi connectivity index (χ2v) is 5.03. The number of nitrogens with one attached hydrogen (secondary N) is 1. The highest BCUT2D eigenvalue weighted by Crippen LogP contribution is 2.21. The maximum atomic E-state index is 11.8. The molecule has 5 nitrogen and oxygen atoms in total. The third-order valence-electron chi connectivity index (χ3n) is 2.66. The maximum Gasteiger partial charge on any atom is 0.262 e. The van der Waals surface area contributed by atoms with Crippen molar-refractivity contribution in [2.24, 2.45) is 5.73 Å². The van der Waals surface area contributed by atoms with E-state index in [-0.39, 0.29) is 23.8 Å². The van der Waals surface area contributed by atoms with Gasteiger partial charge < -0.3 is 15.8 Å². The highest BCUT2D eigenvalue weighted by molar-refractivity contribution is 9.10. The monoisotopic (exact) mass is 348 g/mol. The molecule has 0 bridgehead atoms. The third kappa shape index (κ3) is 4.06. The van der Waals surface area contributed by atoms with E-state index in [0.29, 0.717) is 5.69 Å². The quantitative estimate of drug-likeness (QED) is 0.871. The first kappa shape index (κ1) is 15.1. The number of rotatable bonds is 5. The van der Waals surface area contributed by atoms with Crippen molar-refractivity contribution in [3.63, 3.8) is 0 Å². The summed E-state index contributed by atoms with van der Waals surface area (Å²) in [7, 11) is 0. The second-order valence-electron chi connectivity index (χ2n) is 4.18. The van der Waals surface area contributed by atoms with Crippen molar-refractivity contribution >= 4 is 33.4 Å². The number of hydrogen-bond donors (Lipinski definition) is 2. The van der Waals surface area contributed by atoms with Crippen molar-refractivity contribution in [2.45, 2.75) is 0 Å². The van der Waals surface area contributed by atoms with Crippen LogP contribution in [0.3, 0.4) is 0 Å². The first-order valence-corrected chi connectivity index (χ1v) is 6.93. The van der Waals surface area contributed by atoms with Crippen LogP contribution in [0.25, 0.3) is 0 Å². The zero-order valence-electron chi connectivity index (χ0n) is 11.0. The molecule has 0 aliphatic carbocycles. The molecule has 2 rings (SSSR count). The van der Waals surface area contributed by atoms with Gasteiger partial charge in [-0.05, 0) is 40.2 Å². The average Bonchev–Trinajstić information content (AvgIpc) is 2.48. The summed E-state index contributed by atoms with van der Waals surface area (Å²) in [6.07, 6.45) is 0. The normalized spacial score (nSPS) is 9.95. The summed E-state index contributed by atoms with van der Waals surface area (Å²) in [5.41, 5.74) is 6.13. The van der Waals surface area contributed by atoms with Crippen molar-refractivity contribution in [1.82, 2.24) is 0 Å². The standard InChI is InChI=1S/C15H13BrN2O3/c16-11-6-2-3-7-12(11)18-14(19)9-21-13-8-4-1-5-10(13)15(17)20/h1-8H,9H2,(H2,17,20)(H,18,19). The molecule has 0 saturated carbocycles. The van der Waals surface area contributed by atoms with Crippen LogP contribution in [0.5, 0.6) is 5.75 Å². The number of primary amides is 1. The molecule has 0 saturated heterocycles. The molecule has 0 spiro atoms. The number of ether oxygens (including phenoxy) is 1. The Bertz CT molecular complexity index is 673. The number of carbonyl (C=O) groups is 2. The van der Waals surface area contributed by atoms with Crippen LogP contribution in [0.15, 0.2) is 53.0 Å². The fourth-order valence-electron chi connectivity index (χ4n) is 1.69. The minimum Gasteiger partial charge on any atom is -0.483 e. The summed E-state index contributed by atoms with van der Waals surface area (Å²) in [5, 5.41) is 2.70. The van der Waals surface area contributed by atoms with Gasteiger partial charge in [-0.15, -0.1) is 0 Å². The number of hydrogen-bond acceptors (Lipinski definition) is 3. The lowest BCUT2D eigenvalue weighted by Gasteiger charge is -2.10. The number of carbonyl (C=O) groups excluding carboxylic acids is 2. The van der Waals surface area contributed by atoms with Crippen molar-refractivity contribution < 1.29 is 14.3 Å². The molecule has 0 radical (unpaired) electrons. The van der Waals surface area contributed by atoms with Crippen LogP contribution in [-0.4, -0.2) is 18.4 Å². The summed E-state index contributed by atoms with van der Waals surface area (Å²) in [4.78, 5) is 23.1. The van der Waals surface area contributed by atoms with Gasteiger partial charge in [0.25, 0.3) is 11.8 Å². The summed E-state index contributed by atoms with van der Waals surface area (Å²) in [6, 6.07) is 13.7. The summed E-state index contributed by atoms with van der Waals surface area (Å²) in [6.45, 7) is -0.217. The molecular formula is C15H13BrN2O3. The van der Waals surface area contributed by atoms with Crippen LogP contribution in [0.2, 0.25) is 0 Å². The number of anilines is 1. The van der Waals surface area contributed by atoms with Crippen molar-refractivity contribution in [1.29, 1.82) is 0 Å². The minimum atomic E-state index is -0.600. The van der Waals surface area contributed by atoms with Crippen LogP contribution in [-0.2, 0) is 4.79 Å².